The van der Waals surface area contributed by atoms with E-state index in [0.29, 0.717) is 51.7 Å². The number of aromatic amines is 1. The van der Waals surface area contributed by atoms with Gasteiger partial charge in [-0.05, 0) is 90.8 Å². The highest BCUT2D eigenvalue weighted by Gasteiger charge is 2.33. The summed E-state index contributed by atoms with van der Waals surface area (Å²) in [5, 5.41) is 10.1. The molecule has 0 aliphatic carbocycles. The number of benzene rings is 2. The van der Waals surface area contributed by atoms with Crippen molar-refractivity contribution in [2.75, 3.05) is 19.6 Å². The number of carbonyl (C=O) groups excluding carboxylic acids is 3. The number of H-pyrrole nitrogens is 1. The first-order chi connectivity index (χ1) is 24.8. The summed E-state index contributed by atoms with van der Waals surface area (Å²) in [6, 6.07) is 11.9. The molecule has 10 nitrogen and oxygen atoms in total. The van der Waals surface area contributed by atoms with Gasteiger partial charge in [-0.25, -0.2) is 0 Å². The third-order valence-electron chi connectivity index (χ3n) is 9.92. The third kappa shape index (κ3) is 12.7. The molecule has 3 rings (SSSR count). The molecule has 0 spiro atoms. The molecule has 3 aromatic rings. The molecular weight excluding hydrogens is 663 g/mol. The van der Waals surface area contributed by atoms with Crippen LogP contribution in [0.2, 0.25) is 0 Å². The van der Waals surface area contributed by atoms with E-state index in [1.54, 1.807) is 0 Å². The Bertz CT molecular complexity index is 1640. The van der Waals surface area contributed by atoms with E-state index in [1.807, 2.05) is 30.3 Å². The van der Waals surface area contributed by atoms with Crippen LogP contribution in [0, 0.1) is 0 Å². The maximum atomic E-state index is 14.5. The fraction of sp³-hybridized carbons (Fsp3) is 0.605. The summed E-state index contributed by atoms with van der Waals surface area (Å²) in [4.78, 5) is 45.5. The fourth-order valence-corrected chi connectivity index (χ4v) is 6.69. The quantitative estimate of drug-likeness (QED) is 0.0847. The second-order valence-electron chi connectivity index (χ2n) is 17.7. The Labute approximate surface area is 318 Å². The van der Waals surface area contributed by atoms with Gasteiger partial charge in [0.2, 0.25) is 17.7 Å². The molecule has 0 aliphatic heterocycles. The number of nitrogens with two attached hydrogens (primary N) is 3. The Kier molecular flexibility index (Phi) is 15.7. The highest BCUT2D eigenvalue weighted by Crippen LogP contribution is 2.40. The van der Waals surface area contributed by atoms with Crippen LogP contribution < -0.4 is 33.2 Å². The number of hydrogen-bond acceptors (Lipinski definition) is 6. The normalized spacial score (nSPS) is 14.1. The molecule has 0 bridgehead atoms. The van der Waals surface area contributed by atoms with Gasteiger partial charge in [-0.1, -0.05) is 105 Å². The van der Waals surface area contributed by atoms with Gasteiger partial charge in [-0.15, -0.1) is 0 Å². The topological polar surface area (TPSA) is 181 Å². The van der Waals surface area contributed by atoms with Crippen molar-refractivity contribution in [3.05, 3.63) is 70.4 Å². The molecule has 0 saturated heterocycles. The van der Waals surface area contributed by atoms with Crippen molar-refractivity contribution >= 4 is 28.6 Å². The summed E-state index contributed by atoms with van der Waals surface area (Å²) in [6.07, 6.45) is 4.59. The SMILES string of the molecule is CC(C)(C)c1cc(C(C)(C)C)c2[nH]c(C(C)(C)C)c(CC(NC(=O)C(N)CCCCN)C(=O)NC(CCCCN)C(=O)NCCc3ccccc3)c2c1. The van der Waals surface area contributed by atoms with Crippen molar-refractivity contribution in [3.63, 3.8) is 0 Å². The van der Waals surface area contributed by atoms with E-state index in [1.165, 1.54) is 11.1 Å². The largest absolute Gasteiger partial charge is 0.357 e. The molecule has 10 heteroatoms. The average molecular weight is 732 g/mol. The molecule has 3 amide bonds. The molecule has 53 heavy (non-hydrogen) atoms. The highest BCUT2D eigenvalue weighted by molar-refractivity contribution is 5.95. The van der Waals surface area contributed by atoms with Gasteiger partial charge < -0.3 is 38.1 Å². The first kappa shape index (κ1) is 43.7. The lowest BCUT2D eigenvalue weighted by Gasteiger charge is -2.27. The van der Waals surface area contributed by atoms with E-state index in [4.69, 9.17) is 17.2 Å². The second-order valence-corrected chi connectivity index (χ2v) is 17.7. The summed E-state index contributed by atoms with van der Waals surface area (Å²) >= 11 is 0. The molecule has 0 aliphatic rings. The number of carbonyl (C=O) groups is 3. The first-order valence-electron chi connectivity index (χ1n) is 19.6. The van der Waals surface area contributed by atoms with Crippen molar-refractivity contribution in [1.29, 1.82) is 0 Å². The number of amides is 3. The summed E-state index contributed by atoms with van der Waals surface area (Å²) in [7, 11) is 0. The van der Waals surface area contributed by atoms with Gasteiger partial charge >= 0.3 is 0 Å². The number of rotatable bonds is 18. The maximum absolute atomic E-state index is 14.5. The molecular formula is C43H69N7O3. The van der Waals surface area contributed by atoms with Gasteiger partial charge in [0.15, 0.2) is 0 Å². The van der Waals surface area contributed by atoms with Gasteiger partial charge in [-0.2, -0.15) is 0 Å². The summed E-state index contributed by atoms with van der Waals surface area (Å²) in [5.41, 5.74) is 23.8. The standard InChI is InChI=1S/C43H69N7O3/c1-41(2,3)29-25-30-31(37(43(7,8)9)50-36(30)32(26-29)42(4,5)6)27-35(49-38(51)33(46)19-13-15-22-44)40(53)48-34(20-14-16-23-45)39(52)47-24-21-28-17-11-10-12-18-28/h10-12,17-18,25-26,33-35,50H,13-16,19-24,27,44-46H2,1-9H3,(H,47,52)(H,48,53)(H,49,51). The van der Waals surface area contributed by atoms with Crippen molar-refractivity contribution in [3.8, 4) is 0 Å². The highest BCUT2D eigenvalue weighted by atomic mass is 16.2. The van der Waals surface area contributed by atoms with Crippen LogP contribution in [0.4, 0.5) is 0 Å². The zero-order chi connectivity index (χ0) is 39.6. The number of hydrogen-bond donors (Lipinski definition) is 7. The molecule has 0 fully saturated rings. The molecule has 1 heterocycles. The molecule has 10 N–H and O–H groups in total. The zero-order valence-electron chi connectivity index (χ0n) is 34.0. The van der Waals surface area contributed by atoms with Crippen molar-refractivity contribution < 1.29 is 14.4 Å². The van der Waals surface area contributed by atoms with E-state index >= 15 is 0 Å². The minimum atomic E-state index is -0.992. The van der Waals surface area contributed by atoms with Crippen LogP contribution in [0.1, 0.15) is 129 Å². The minimum Gasteiger partial charge on any atom is -0.357 e. The van der Waals surface area contributed by atoms with Crippen molar-refractivity contribution in [2.24, 2.45) is 17.2 Å². The predicted octanol–water partition coefficient (Wildman–Crippen LogP) is 5.52. The van der Waals surface area contributed by atoms with E-state index in [-0.39, 0.29) is 28.6 Å². The lowest BCUT2D eigenvalue weighted by Crippen LogP contribution is -2.56. The van der Waals surface area contributed by atoms with Gasteiger partial charge in [0.05, 0.1) is 6.04 Å². The summed E-state index contributed by atoms with van der Waals surface area (Å²) < 4.78 is 0. The average Bonchev–Trinajstić information content (AvgIpc) is 3.45. The van der Waals surface area contributed by atoms with E-state index < -0.39 is 29.9 Å². The minimum absolute atomic E-state index is 0.128. The number of unbranched alkanes of at least 4 members (excludes halogenated alkanes) is 2. The second kappa shape index (κ2) is 19.0. The van der Waals surface area contributed by atoms with Crippen LogP contribution in [-0.2, 0) is 43.5 Å². The lowest BCUT2D eigenvalue weighted by atomic mass is 9.78. The van der Waals surface area contributed by atoms with E-state index in [0.717, 1.165) is 40.6 Å². The number of aromatic nitrogens is 1. The van der Waals surface area contributed by atoms with E-state index in [9.17, 15) is 14.4 Å². The third-order valence-corrected chi connectivity index (χ3v) is 9.92. The number of fused-ring (bicyclic) bond motifs is 1. The Morgan fingerprint density at radius 2 is 1.32 bits per heavy atom. The van der Waals surface area contributed by atoms with Gasteiger partial charge in [0.25, 0.3) is 0 Å². The van der Waals surface area contributed by atoms with E-state index in [2.05, 4.69) is 95.4 Å². The van der Waals surface area contributed by atoms with Crippen LogP contribution in [-0.4, -0.2) is 60.5 Å². The molecule has 0 saturated carbocycles. The first-order valence-corrected chi connectivity index (χ1v) is 19.6. The van der Waals surface area contributed by atoms with Gasteiger partial charge in [-0.3, -0.25) is 14.4 Å². The smallest absolute Gasteiger partial charge is 0.243 e. The lowest BCUT2D eigenvalue weighted by molar-refractivity contribution is -0.132. The summed E-state index contributed by atoms with van der Waals surface area (Å²) in [5.74, 6) is -1.10. The molecule has 2 aromatic carbocycles. The maximum Gasteiger partial charge on any atom is 0.243 e. The van der Waals surface area contributed by atoms with Crippen LogP contribution in [0.3, 0.4) is 0 Å². The van der Waals surface area contributed by atoms with Crippen LogP contribution in [0.25, 0.3) is 10.9 Å². The molecule has 294 valence electrons. The molecule has 3 atom stereocenters. The molecule has 1 aromatic heterocycles. The molecule has 0 radical (unpaired) electrons. The Hall–Kier alpha value is -3.73. The predicted molar refractivity (Wildman–Crippen MR) is 219 cm³/mol. The summed E-state index contributed by atoms with van der Waals surface area (Å²) in [6.45, 7) is 21.1. The van der Waals surface area contributed by atoms with Gasteiger partial charge in [0, 0.05) is 35.0 Å². The van der Waals surface area contributed by atoms with Crippen molar-refractivity contribution in [1.82, 2.24) is 20.9 Å². The Balaban J connectivity index is 2.08. The van der Waals surface area contributed by atoms with Crippen LogP contribution in [0.5, 0.6) is 0 Å². The fourth-order valence-electron chi connectivity index (χ4n) is 6.69. The Morgan fingerprint density at radius 3 is 1.89 bits per heavy atom. The van der Waals surface area contributed by atoms with Crippen molar-refractivity contribution in [2.45, 2.75) is 148 Å². The number of nitrogens with one attached hydrogen (secondary N) is 4. The monoisotopic (exact) mass is 732 g/mol. The Morgan fingerprint density at radius 1 is 0.717 bits per heavy atom. The van der Waals surface area contributed by atoms with Crippen LogP contribution >= 0.6 is 0 Å². The van der Waals surface area contributed by atoms with Crippen LogP contribution in [0.15, 0.2) is 42.5 Å². The molecule has 3 unspecified atom stereocenters. The van der Waals surface area contributed by atoms with Gasteiger partial charge in [0.1, 0.15) is 12.1 Å². The zero-order valence-corrected chi connectivity index (χ0v) is 34.0.